The summed E-state index contributed by atoms with van der Waals surface area (Å²) in [5.74, 6) is 1.09. The van der Waals surface area contributed by atoms with Gasteiger partial charge in [-0.25, -0.2) is 0 Å². The molecule has 9 nitrogen and oxygen atoms in total. The van der Waals surface area contributed by atoms with Crippen molar-refractivity contribution in [3.63, 3.8) is 0 Å². The summed E-state index contributed by atoms with van der Waals surface area (Å²) in [5, 5.41) is 17.8. The molecule has 10 heteroatoms. The Bertz CT molecular complexity index is 1470. The average molecular weight is 528 g/mol. The zero-order valence-electron chi connectivity index (χ0n) is 20.5. The second-order valence-electron chi connectivity index (χ2n) is 8.99. The number of rotatable bonds is 8. The highest BCUT2D eigenvalue weighted by Crippen LogP contribution is 2.40. The first-order valence-corrected chi connectivity index (χ1v) is 12.5. The maximum atomic E-state index is 12.8. The van der Waals surface area contributed by atoms with Gasteiger partial charge in [-0.1, -0.05) is 18.2 Å². The van der Waals surface area contributed by atoms with Crippen molar-refractivity contribution in [2.45, 2.75) is 25.4 Å². The molecule has 5 rings (SSSR count). The summed E-state index contributed by atoms with van der Waals surface area (Å²) in [4.78, 5) is 29.8. The van der Waals surface area contributed by atoms with E-state index in [0.717, 1.165) is 16.9 Å². The summed E-state index contributed by atoms with van der Waals surface area (Å²) in [5.41, 5.74) is 3.33. The van der Waals surface area contributed by atoms with E-state index in [9.17, 15) is 14.9 Å². The van der Waals surface area contributed by atoms with Crippen LogP contribution in [0.2, 0.25) is 0 Å². The Labute approximate surface area is 224 Å². The Balaban J connectivity index is 1.39. The first kappa shape index (κ1) is 25.1. The summed E-state index contributed by atoms with van der Waals surface area (Å²) in [6, 6.07) is 22.6. The predicted molar refractivity (Wildman–Crippen MR) is 147 cm³/mol. The molecule has 0 unspecified atom stereocenters. The fourth-order valence-corrected chi connectivity index (χ4v) is 4.87. The van der Waals surface area contributed by atoms with Crippen molar-refractivity contribution in [2.24, 2.45) is 0 Å². The molecular weight excluding hydrogens is 502 g/mol. The first-order chi connectivity index (χ1) is 18.4. The number of nitrogens with zero attached hydrogens (tertiary/aromatic N) is 3. The van der Waals surface area contributed by atoms with Gasteiger partial charge < -0.3 is 20.0 Å². The molecule has 2 N–H and O–H groups in total. The van der Waals surface area contributed by atoms with Crippen molar-refractivity contribution in [3.05, 3.63) is 112 Å². The molecule has 3 heterocycles. The average Bonchev–Trinajstić information content (AvgIpc) is 3.52. The van der Waals surface area contributed by atoms with Crippen LogP contribution in [-0.2, 0) is 4.79 Å². The molecule has 0 spiro atoms. The van der Waals surface area contributed by atoms with Crippen LogP contribution < -0.4 is 10.6 Å². The van der Waals surface area contributed by atoms with Crippen molar-refractivity contribution in [1.82, 2.24) is 15.2 Å². The van der Waals surface area contributed by atoms with Gasteiger partial charge in [-0.05, 0) is 73.2 Å². The van der Waals surface area contributed by atoms with Crippen LogP contribution in [0, 0.1) is 17.0 Å². The number of nitro groups is 1. The fraction of sp³-hybridized carbons (Fsp3) is 0.179. The fourth-order valence-electron chi connectivity index (χ4n) is 4.54. The number of nitrogens with one attached hydrogen (secondary N) is 2. The summed E-state index contributed by atoms with van der Waals surface area (Å²) in [6.45, 7) is 2.34. The minimum Gasteiger partial charge on any atom is -0.459 e. The molecule has 0 saturated carbocycles. The van der Waals surface area contributed by atoms with Crippen LogP contribution in [0.1, 0.15) is 35.5 Å². The van der Waals surface area contributed by atoms with Gasteiger partial charge in [0.2, 0.25) is 5.91 Å². The van der Waals surface area contributed by atoms with Gasteiger partial charge in [0.15, 0.2) is 5.11 Å². The molecule has 1 fully saturated rings. The standard InChI is InChI=1S/C28H25N5O4S/c1-18-5-4-6-20(17-18)30-25(34)14-16-32-27(26(31-28(32)38)22-7-2-3-15-29-22)24-13-12-23(37-24)19-8-10-21(11-9-19)33(35)36/h2-13,15,17,26-27H,14,16H2,1H3,(H,30,34)(H,31,38)/t26-,27+/m1/s1. The van der Waals surface area contributed by atoms with Gasteiger partial charge in [0, 0.05) is 42.5 Å². The quantitative estimate of drug-likeness (QED) is 0.174. The van der Waals surface area contributed by atoms with Crippen LogP contribution in [0.25, 0.3) is 11.3 Å². The zero-order valence-corrected chi connectivity index (χ0v) is 21.4. The van der Waals surface area contributed by atoms with Gasteiger partial charge in [0.05, 0.1) is 16.7 Å². The van der Waals surface area contributed by atoms with E-state index in [-0.39, 0.29) is 30.1 Å². The Kier molecular flexibility index (Phi) is 7.14. The molecule has 0 aliphatic carbocycles. The van der Waals surface area contributed by atoms with E-state index in [4.69, 9.17) is 16.6 Å². The van der Waals surface area contributed by atoms with Crippen LogP contribution in [-0.4, -0.2) is 32.4 Å². The number of thiocarbonyl (C=S) groups is 1. The second-order valence-corrected chi connectivity index (χ2v) is 9.38. The lowest BCUT2D eigenvalue weighted by Crippen LogP contribution is -2.32. The van der Waals surface area contributed by atoms with E-state index < -0.39 is 4.92 Å². The third-order valence-corrected chi connectivity index (χ3v) is 6.71. The molecule has 1 aliphatic heterocycles. The zero-order chi connectivity index (χ0) is 26.6. The Morgan fingerprint density at radius 1 is 1.13 bits per heavy atom. The normalized spacial score (nSPS) is 16.8. The van der Waals surface area contributed by atoms with Crippen molar-refractivity contribution < 1.29 is 14.1 Å². The molecule has 2 atom stereocenters. The second kappa shape index (κ2) is 10.8. The smallest absolute Gasteiger partial charge is 0.269 e. The summed E-state index contributed by atoms with van der Waals surface area (Å²) in [7, 11) is 0. The van der Waals surface area contributed by atoms with Crippen molar-refractivity contribution in [1.29, 1.82) is 0 Å². The van der Waals surface area contributed by atoms with Gasteiger partial charge in [0.25, 0.3) is 5.69 Å². The highest BCUT2D eigenvalue weighted by atomic mass is 32.1. The summed E-state index contributed by atoms with van der Waals surface area (Å²) in [6.07, 6.45) is 1.94. The van der Waals surface area contributed by atoms with E-state index in [0.29, 0.717) is 28.7 Å². The number of hydrogen-bond acceptors (Lipinski definition) is 6. The molecular formula is C28H25N5O4S. The van der Waals surface area contributed by atoms with Crippen molar-refractivity contribution >= 4 is 34.6 Å². The minimum absolute atomic E-state index is 0.0104. The summed E-state index contributed by atoms with van der Waals surface area (Å²) < 4.78 is 6.26. The number of anilines is 1. The summed E-state index contributed by atoms with van der Waals surface area (Å²) >= 11 is 5.68. The molecule has 4 aromatic rings. The molecule has 38 heavy (non-hydrogen) atoms. The van der Waals surface area contributed by atoms with Gasteiger partial charge in [0.1, 0.15) is 17.6 Å². The largest absolute Gasteiger partial charge is 0.459 e. The molecule has 0 radical (unpaired) electrons. The molecule has 1 aliphatic rings. The SMILES string of the molecule is Cc1cccc(NC(=O)CCN2C(=S)N[C@H](c3ccccn3)[C@@H]2c2ccc(-c3ccc([N+](=O)[O-])cc3)o2)c1. The minimum atomic E-state index is -0.438. The number of nitro benzene ring substituents is 1. The number of aromatic nitrogens is 1. The van der Waals surface area contributed by atoms with E-state index in [1.165, 1.54) is 12.1 Å². The van der Waals surface area contributed by atoms with E-state index in [1.54, 1.807) is 18.3 Å². The van der Waals surface area contributed by atoms with E-state index >= 15 is 0 Å². The lowest BCUT2D eigenvalue weighted by atomic mass is 10.0. The highest BCUT2D eigenvalue weighted by Gasteiger charge is 2.41. The molecule has 192 valence electrons. The van der Waals surface area contributed by atoms with Gasteiger partial charge >= 0.3 is 0 Å². The van der Waals surface area contributed by atoms with Crippen LogP contribution in [0.4, 0.5) is 11.4 Å². The molecule has 1 amide bonds. The molecule has 2 aromatic carbocycles. The highest BCUT2D eigenvalue weighted by molar-refractivity contribution is 7.80. The van der Waals surface area contributed by atoms with Crippen LogP contribution >= 0.6 is 12.2 Å². The third-order valence-electron chi connectivity index (χ3n) is 6.36. The lowest BCUT2D eigenvalue weighted by Gasteiger charge is -2.25. The number of benzene rings is 2. The number of pyridine rings is 1. The Morgan fingerprint density at radius 3 is 2.66 bits per heavy atom. The maximum absolute atomic E-state index is 12.8. The van der Waals surface area contributed by atoms with E-state index in [2.05, 4.69) is 15.6 Å². The van der Waals surface area contributed by atoms with E-state index in [1.807, 2.05) is 66.4 Å². The van der Waals surface area contributed by atoms with Crippen LogP contribution in [0.3, 0.4) is 0 Å². The third kappa shape index (κ3) is 5.40. The molecule has 1 saturated heterocycles. The first-order valence-electron chi connectivity index (χ1n) is 12.1. The number of carbonyl (C=O) groups excluding carboxylic acids is 1. The Hall–Kier alpha value is -4.57. The number of amides is 1. The molecule has 2 aromatic heterocycles. The predicted octanol–water partition coefficient (Wildman–Crippen LogP) is 5.56. The van der Waals surface area contributed by atoms with Gasteiger partial charge in [-0.2, -0.15) is 0 Å². The number of non-ortho nitro benzene ring substituents is 1. The van der Waals surface area contributed by atoms with Crippen LogP contribution in [0.5, 0.6) is 0 Å². The van der Waals surface area contributed by atoms with Crippen molar-refractivity contribution in [3.8, 4) is 11.3 Å². The van der Waals surface area contributed by atoms with Crippen molar-refractivity contribution in [2.75, 3.05) is 11.9 Å². The molecule has 0 bridgehead atoms. The number of furan rings is 1. The van der Waals surface area contributed by atoms with Gasteiger partial charge in [-0.3, -0.25) is 19.9 Å². The maximum Gasteiger partial charge on any atom is 0.269 e. The topological polar surface area (TPSA) is 114 Å². The van der Waals surface area contributed by atoms with Gasteiger partial charge in [-0.15, -0.1) is 0 Å². The Morgan fingerprint density at radius 2 is 1.95 bits per heavy atom. The van der Waals surface area contributed by atoms with Crippen LogP contribution in [0.15, 0.2) is 89.5 Å². The monoisotopic (exact) mass is 527 g/mol. The lowest BCUT2D eigenvalue weighted by molar-refractivity contribution is -0.384. The number of aryl methyl sites for hydroxylation is 1. The number of carbonyl (C=O) groups is 1. The number of hydrogen-bond donors (Lipinski definition) is 2.